The molecule has 2 rings (SSSR count). The normalized spacial score (nSPS) is 10.2. The summed E-state index contributed by atoms with van der Waals surface area (Å²) in [5.74, 6) is 0.0654. The van der Waals surface area contributed by atoms with Gasteiger partial charge in [-0.05, 0) is 25.8 Å². The van der Waals surface area contributed by atoms with E-state index < -0.39 is 6.09 Å². The van der Waals surface area contributed by atoms with Gasteiger partial charge in [-0.2, -0.15) is 0 Å². The molecular weight excluding hydrogens is 310 g/mol. The molecule has 1 heterocycles. The molecule has 0 saturated carbocycles. The Bertz CT molecular complexity index is 681. The second kappa shape index (κ2) is 8.66. The van der Waals surface area contributed by atoms with Crippen molar-refractivity contribution < 1.29 is 14.3 Å². The lowest BCUT2D eigenvalue weighted by Crippen LogP contribution is -2.29. The molecular formula is C16H21N5O3. The average Bonchev–Trinajstić information content (AvgIpc) is 2.96. The average molecular weight is 331 g/mol. The number of ether oxygens (including phenoxy) is 1. The van der Waals surface area contributed by atoms with Gasteiger partial charge in [0, 0.05) is 6.54 Å². The van der Waals surface area contributed by atoms with Gasteiger partial charge in [0.05, 0.1) is 12.8 Å². The number of carbonyl (C=O) groups excluding carboxylic acids is 2. The second-order valence-electron chi connectivity index (χ2n) is 5.23. The highest BCUT2D eigenvalue weighted by atomic mass is 16.5. The Balaban J connectivity index is 1.73. The number of aryl methyl sites for hydroxylation is 1. The summed E-state index contributed by atoms with van der Waals surface area (Å²) < 4.78 is 6.08. The maximum Gasteiger partial charge on any atom is 0.412 e. The number of carbonyl (C=O) groups is 2. The topological polar surface area (TPSA) is 98.1 Å². The van der Waals surface area contributed by atoms with E-state index in [1.807, 2.05) is 31.2 Å². The van der Waals surface area contributed by atoms with Crippen LogP contribution in [0.25, 0.3) is 0 Å². The van der Waals surface area contributed by atoms with Gasteiger partial charge in [0.1, 0.15) is 6.54 Å². The Labute approximate surface area is 140 Å². The van der Waals surface area contributed by atoms with Crippen LogP contribution in [0.2, 0.25) is 0 Å². The van der Waals surface area contributed by atoms with Crippen molar-refractivity contribution in [2.24, 2.45) is 0 Å². The number of rotatable bonds is 7. The van der Waals surface area contributed by atoms with Crippen LogP contribution in [0.15, 0.2) is 30.5 Å². The molecule has 0 radical (unpaired) electrons. The fourth-order valence-electron chi connectivity index (χ4n) is 2.01. The van der Waals surface area contributed by atoms with E-state index in [2.05, 4.69) is 20.9 Å². The lowest BCUT2D eigenvalue weighted by atomic mass is 10.1. The second-order valence-corrected chi connectivity index (χ2v) is 5.23. The van der Waals surface area contributed by atoms with Gasteiger partial charge in [-0.1, -0.05) is 35.0 Å². The summed E-state index contributed by atoms with van der Waals surface area (Å²) in [6.07, 6.45) is 1.63. The smallest absolute Gasteiger partial charge is 0.412 e. The number of benzene rings is 1. The van der Waals surface area contributed by atoms with E-state index in [-0.39, 0.29) is 24.9 Å². The summed E-state index contributed by atoms with van der Waals surface area (Å²) in [6, 6.07) is 8.19. The van der Waals surface area contributed by atoms with Gasteiger partial charge >= 0.3 is 6.09 Å². The van der Waals surface area contributed by atoms with Gasteiger partial charge in [-0.15, -0.1) is 5.10 Å². The first-order chi connectivity index (χ1) is 11.6. The van der Waals surface area contributed by atoms with Gasteiger partial charge in [-0.25, -0.2) is 9.48 Å². The maximum absolute atomic E-state index is 11.9. The molecule has 0 bridgehead atoms. The number of nitrogens with zero attached hydrogens (tertiary/aromatic N) is 3. The molecule has 2 amide bonds. The van der Waals surface area contributed by atoms with E-state index in [0.717, 1.165) is 6.42 Å². The first-order valence-electron chi connectivity index (χ1n) is 7.73. The van der Waals surface area contributed by atoms with Crippen LogP contribution >= 0.6 is 0 Å². The monoisotopic (exact) mass is 331 g/mol. The summed E-state index contributed by atoms with van der Waals surface area (Å²) in [5, 5.41) is 12.8. The van der Waals surface area contributed by atoms with Crippen molar-refractivity contribution in [2.45, 2.75) is 26.8 Å². The molecule has 8 nitrogen and oxygen atoms in total. The third-order valence-electron chi connectivity index (χ3n) is 3.21. The van der Waals surface area contributed by atoms with Gasteiger partial charge in [0.25, 0.3) is 0 Å². The largest absolute Gasteiger partial charge is 0.450 e. The number of nitrogens with one attached hydrogen (secondary N) is 2. The zero-order chi connectivity index (χ0) is 17.4. The maximum atomic E-state index is 11.9. The van der Waals surface area contributed by atoms with Crippen molar-refractivity contribution in [2.75, 3.05) is 18.5 Å². The van der Waals surface area contributed by atoms with Crippen LogP contribution < -0.4 is 10.6 Å². The van der Waals surface area contributed by atoms with Crippen molar-refractivity contribution in [1.82, 2.24) is 20.3 Å². The zero-order valence-corrected chi connectivity index (χ0v) is 13.8. The van der Waals surface area contributed by atoms with Crippen LogP contribution in [-0.4, -0.2) is 40.1 Å². The minimum Gasteiger partial charge on any atom is -0.450 e. The SMILES string of the molecule is CCOC(=O)Nc1cn(CC(=O)NCCc2ccc(C)cc2)nn1. The number of amides is 2. The first kappa shape index (κ1) is 17.5. The Kier molecular flexibility index (Phi) is 6.30. The fraction of sp³-hybridized carbons (Fsp3) is 0.375. The predicted octanol–water partition coefficient (Wildman–Crippen LogP) is 1.51. The molecule has 0 spiro atoms. The number of hydrogen-bond donors (Lipinski definition) is 2. The molecule has 128 valence electrons. The first-order valence-corrected chi connectivity index (χ1v) is 7.73. The molecule has 0 aliphatic carbocycles. The van der Waals surface area contributed by atoms with Crippen molar-refractivity contribution in [3.63, 3.8) is 0 Å². The van der Waals surface area contributed by atoms with E-state index in [0.29, 0.717) is 6.54 Å². The molecule has 1 aromatic heterocycles. The highest BCUT2D eigenvalue weighted by Gasteiger charge is 2.08. The third kappa shape index (κ3) is 5.71. The van der Waals surface area contributed by atoms with Crippen LogP contribution in [0.1, 0.15) is 18.1 Å². The molecule has 8 heteroatoms. The highest BCUT2D eigenvalue weighted by molar-refractivity contribution is 5.83. The van der Waals surface area contributed by atoms with Crippen molar-refractivity contribution >= 4 is 17.8 Å². The van der Waals surface area contributed by atoms with Crippen molar-refractivity contribution in [3.8, 4) is 0 Å². The molecule has 0 aliphatic heterocycles. The van der Waals surface area contributed by atoms with Gasteiger partial charge in [0.2, 0.25) is 5.91 Å². The summed E-state index contributed by atoms with van der Waals surface area (Å²) in [5.41, 5.74) is 2.38. The molecule has 2 N–H and O–H groups in total. The summed E-state index contributed by atoms with van der Waals surface area (Å²) in [7, 11) is 0. The Hall–Kier alpha value is -2.90. The molecule has 0 aliphatic rings. The molecule has 1 aromatic carbocycles. The zero-order valence-electron chi connectivity index (χ0n) is 13.8. The Morgan fingerprint density at radius 3 is 2.71 bits per heavy atom. The third-order valence-corrected chi connectivity index (χ3v) is 3.21. The molecule has 0 atom stereocenters. The standard InChI is InChI=1S/C16H21N5O3/c1-3-24-16(23)18-14-10-21(20-19-14)11-15(22)17-9-8-13-6-4-12(2)5-7-13/h4-7,10H,3,8-9,11H2,1-2H3,(H,17,22)(H,18,23). The lowest BCUT2D eigenvalue weighted by Gasteiger charge is -2.05. The number of anilines is 1. The fourth-order valence-corrected chi connectivity index (χ4v) is 2.01. The van der Waals surface area contributed by atoms with Gasteiger partial charge in [0.15, 0.2) is 5.82 Å². The molecule has 24 heavy (non-hydrogen) atoms. The summed E-state index contributed by atoms with van der Waals surface area (Å²) in [4.78, 5) is 23.1. The van der Waals surface area contributed by atoms with Crippen molar-refractivity contribution in [3.05, 3.63) is 41.6 Å². The number of aromatic nitrogens is 3. The van der Waals surface area contributed by atoms with E-state index in [1.165, 1.54) is 22.0 Å². The minimum absolute atomic E-state index is 0.0331. The molecule has 0 saturated heterocycles. The van der Waals surface area contributed by atoms with Crippen molar-refractivity contribution in [1.29, 1.82) is 0 Å². The molecule has 0 fully saturated rings. The lowest BCUT2D eigenvalue weighted by molar-refractivity contribution is -0.121. The van der Waals surface area contributed by atoms with E-state index in [1.54, 1.807) is 6.92 Å². The summed E-state index contributed by atoms with van der Waals surface area (Å²) in [6.45, 7) is 4.59. The van der Waals surface area contributed by atoms with Crippen LogP contribution in [0.5, 0.6) is 0 Å². The highest BCUT2D eigenvalue weighted by Crippen LogP contribution is 2.03. The predicted molar refractivity (Wildman–Crippen MR) is 88.6 cm³/mol. The quantitative estimate of drug-likeness (QED) is 0.801. The number of hydrogen-bond acceptors (Lipinski definition) is 5. The van der Waals surface area contributed by atoms with Crippen LogP contribution in [0, 0.1) is 6.92 Å². The minimum atomic E-state index is -0.605. The summed E-state index contributed by atoms with van der Waals surface area (Å²) >= 11 is 0. The van der Waals surface area contributed by atoms with E-state index in [9.17, 15) is 9.59 Å². The van der Waals surface area contributed by atoms with Crippen LogP contribution in [0.4, 0.5) is 10.6 Å². The molecule has 2 aromatic rings. The van der Waals surface area contributed by atoms with Gasteiger partial charge < -0.3 is 10.1 Å². The Morgan fingerprint density at radius 2 is 2.00 bits per heavy atom. The molecule has 0 unspecified atom stereocenters. The van der Waals surface area contributed by atoms with Crippen LogP contribution in [-0.2, 0) is 22.5 Å². The Morgan fingerprint density at radius 1 is 1.25 bits per heavy atom. The van der Waals surface area contributed by atoms with Gasteiger partial charge in [-0.3, -0.25) is 10.1 Å². The van der Waals surface area contributed by atoms with E-state index in [4.69, 9.17) is 4.74 Å². The van der Waals surface area contributed by atoms with Crippen LogP contribution in [0.3, 0.4) is 0 Å². The van der Waals surface area contributed by atoms with E-state index >= 15 is 0 Å².